The lowest BCUT2D eigenvalue weighted by molar-refractivity contribution is 0.386. The van der Waals surface area contributed by atoms with Gasteiger partial charge in [-0.05, 0) is 31.5 Å². The third-order valence-electron chi connectivity index (χ3n) is 1.96. The van der Waals surface area contributed by atoms with Crippen molar-refractivity contribution in [1.82, 2.24) is 0 Å². The zero-order valence-corrected chi connectivity index (χ0v) is 10.7. The first-order chi connectivity index (χ1) is 7.42. The fourth-order valence-corrected chi connectivity index (χ4v) is 2.28. The second kappa shape index (κ2) is 5.55. The summed E-state index contributed by atoms with van der Waals surface area (Å²) >= 11 is 1.70. The summed E-state index contributed by atoms with van der Waals surface area (Å²) in [7, 11) is 1.46. The van der Waals surface area contributed by atoms with Crippen molar-refractivity contribution in [2.75, 3.05) is 12.9 Å². The smallest absolute Gasteiger partial charge is 0.165 e. The Morgan fingerprint density at radius 1 is 1.44 bits per heavy atom. The molecule has 2 nitrogen and oxygen atoms in total. The van der Waals surface area contributed by atoms with E-state index >= 15 is 0 Å². The van der Waals surface area contributed by atoms with Gasteiger partial charge in [0.25, 0.3) is 0 Å². The van der Waals surface area contributed by atoms with Gasteiger partial charge in [0.05, 0.1) is 7.11 Å². The Hall–Kier alpha value is -0.740. The predicted octanol–water partition coefficient (Wildman–Crippen LogP) is 2.80. The van der Waals surface area contributed by atoms with Gasteiger partial charge in [-0.2, -0.15) is 11.8 Å². The summed E-state index contributed by atoms with van der Waals surface area (Å²) < 4.78 is 18.2. The number of hydrogen-bond donors (Lipinski definition) is 1. The molecule has 0 saturated carbocycles. The van der Waals surface area contributed by atoms with E-state index in [0.29, 0.717) is 0 Å². The molecule has 2 N–H and O–H groups in total. The molecule has 0 fully saturated rings. The molecule has 0 aliphatic rings. The van der Waals surface area contributed by atoms with Crippen LogP contribution in [0.4, 0.5) is 4.39 Å². The Morgan fingerprint density at radius 3 is 2.62 bits per heavy atom. The largest absolute Gasteiger partial charge is 0.494 e. The van der Waals surface area contributed by atoms with Gasteiger partial charge in [0, 0.05) is 17.0 Å². The van der Waals surface area contributed by atoms with E-state index in [1.807, 2.05) is 19.9 Å². The first-order valence-electron chi connectivity index (χ1n) is 5.11. The van der Waals surface area contributed by atoms with Crippen LogP contribution in [-0.2, 0) is 5.75 Å². The van der Waals surface area contributed by atoms with Crippen molar-refractivity contribution >= 4 is 11.8 Å². The van der Waals surface area contributed by atoms with E-state index in [1.54, 1.807) is 17.8 Å². The molecule has 0 aliphatic heterocycles. The number of halogens is 1. The molecule has 1 aromatic carbocycles. The van der Waals surface area contributed by atoms with E-state index in [-0.39, 0.29) is 17.1 Å². The number of rotatable bonds is 5. The summed E-state index contributed by atoms with van der Waals surface area (Å²) in [6.07, 6.45) is 0. The van der Waals surface area contributed by atoms with Crippen molar-refractivity contribution in [2.45, 2.75) is 25.1 Å². The first-order valence-corrected chi connectivity index (χ1v) is 6.27. The van der Waals surface area contributed by atoms with Gasteiger partial charge < -0.3 is 10.5 Å². The minimum Gasteiger partial charge on any atom is -0.494 e. The summed E-state index contributed by atoms with van der Waals surface area (Å²) in [5, 5.41) is 0. The zero-order valence-electron chi connectivity index (χ0n) is 9.92. The van der Waals surface area contributed by atoms with Crippen molar-refractivity contribution in [3.63, 3.8) is 0 Å². The van der Waals surface area contributed by atoms with Crippen LogP contribution >= 0.6 is 11.8 Å². The minimum atomic E-state index is -0.312. The maximum atomic E-state index is 13.4. The molecule has 0 atom stereocenters. The maximum absolute atomic E-state index is 13.4. The van der Waals surface area contributed by atoms with Crippen molar-refractivity contribution in [3.05, 3.63) is 29.6 Å². The summed E-state index contributed by atoms with van der Waals surface area (Å²) in [4.78, 5) is 0. The van der Waals surface area contributed by atoms with Crippen LogP contribution in [0.2, 0.25) is 0 Å². The number of hydrogen-bond acceptors (Lipinski definition) is 3. The molecule has 4 heteroatoms. The molecule has 0 aromatic heterocycles. The van der Waals surface area contributed by atoms with Crippen LogP contribution in [0.5, 0.6) is 5.75 Å². The van der Waals surface area contributed by atoms with E-state index in [1.165, 1.54) is 13.2 Å². The highest BCUT2D eigenvalue weighted by molar-refractivity contribution is 7.98. The molecule has 0 saturated heterocycles. The maximum Gasteiger partial charge on any atom is 0.165 e. The molecule has 16 heavy (non-hydrogen) atoms. The molecule has 0 bridgehead atoms. The number of thioether (sulfide) groups is 1. The number of ether oxygens (including phenoxy) is 1. The lowest BCUT2D eigenvalue weighted by Crippen LogP contribution is -2.34. The normalized spacial score (nSPS) is 11.6. The van der Waals surface area contributed by atoms with Gasteiger partial charge in [0.15, 0.2) is 11.6 Å². The fraction of sp³-hybridized carbons (Fsp3) is 0.500. The van der Waals surface area contributed by atoms with Crippen molar-refractivity contribution in [3.8, 4) is 5.75 Å². The van der Waals surface area contributed by atoms with Crippen LogP contribution in [0.1, 0.15) is 19.4 Å². The molecule has 1 aromatic rings. The van der Waals surface area contributed by atoms with Gasteiger partial charge in [0.1, 0.15) is 0 Å². The average molecular weight is 243 g/mol. The molecule has 90 valence electrons. The van der Waals surface area contributed by atoms with Crippen LogP contribution in [0.15, 0.2) is 18.2 Å². The Bertz CT molecular complexity index is 349. The number of methoxy groups -OCH3 is 1. The minimum absolute atomic E-state index is 0.185. The Balaban J connectivity index is 2.52. The van der Waals surface area contributed by atoms with Gasteiger partial charge in [-0.3, -0.25) is 0 Å². The quantitative estimate of drug-likeness (QED) is 0.863. The topological polar surface area (TPSA) is 35.2 Å². The molecule has 0 spiro atoms. The number of nitrogens with two attached hydrogens (primary N) is 1. The SMILES string of the molecule is COc1ccc(CSCC(C)(C)N)cc1F. The van der Waals surface area contributed by atoms with Gasteiger partial charge in [-0.25, -0.2) is 4.39 Å². The Kier molecular flexibility index (Phi) is 4.62. The van der Waals surface area contributed by atoms with Gasteiger partial charge >= 0.3 is 0 Å². The third kappa shape index (κ3) is 4.41. The highest BCUT2D eigenvalue weighted by atomic mass is 32.2. The second-order valence-corrected chi connectivity index (χ2v) is 5.44. The molecule has 0 aliphatic carbocycles. The van der Waals surface area contributed by atoms with Crippen LogP contribution < -0.4 is 10.5 Å². The van der Waals surface area contributed by atoms with E-state index in [2.05, 4.69) is 0 Å². The van der Waals surface area contributed by atoms with Crippen molar-refractivity contribution in [1.29, 1.82) is 0 Å². The van der Waals surface area contributed by atoms with Gasteiger partial charge in [0.2, 0.25) is 0 Å². The van der Waals surface area contributed by atoms with Crippen molar-refractivity contribution in [2.24, 2.45) is 5.73 Å². The molecule has 1 rings (SSSR count). The summed E-state index contributed by atoms with van der Waals surface area (Å²) in [6, 6.07) is 5.03. The Labute approximate surface area is 100 Å². The molecule has 0 heterocycles. The number of benzene rings is 1. The summed E-state index contributed by atoms with van der Waals surface area (Å²) in [6.45, 7) is 3.96. The van der Waals surface area contributed by atoms with Crippen LogP contribution in [0.3, 0.4) is 0 Å². The second-order valence-electron chi connectivity index (χ2n) is 4.45. The monoisotopic (exact) mass is 243 g/mol. The standard InChI is InChI=1S/C12H18FNOS/c1-12(2,14)8-16-7-9-4-5-11(15-3)10(13)6-9/h4-6H,7-8,14H2,1-3H3. The highest BCUT2D eigenvalue weighted by Gasteiger charge is 2.10. The van der Waals surface area contributed by atoms with Gasteiger partial charge in [-0.1, -0.05) is 6.07 Å². The molecule has 0 amide bonds. The highest BCUT2D eigenvalue weighted by Crippen LogP contribution is 2.21. The summed E-state index contributed by atoms with van der Waals surface area (Å²) in [5.41, 5.74) is 6.63. The zero-order chi connectivity index (χ0) is 12.2. The van der Waals surface area contributed by atoms with Gasteiger partial charge in [-0.15, -0.1) is 0 Å². The lowest BCUT2D eigenvalue weighted by Gasteiger charge is -2.17. The van der Waals surface area contributed by atoms with Crippen LogP contribution in [0, 0.1) is 5.82 Å². The molecule has 0 unspecified atom stereocenters. The lowest BCUT2D eigenvalue weighted by atomic mass is 10.1. The van der Waals surface area contributed by atoms with E-state index in [4.69, 9.17) is 10.5 Å². The summed E-state index contributed by atoms with van der Waals surface area (Å²) in [5.74, 6) is 1.59. The molecular formula is C12H18FNOS. The molecule has 0 radical (unpaired) electrons. The predicted molar refractivity (Wildman–Crippen MR) is 67.4 cm³/mol. The first kappa shape index (κ1) is 13.3. The van der Waals surface area contributed by atoms with E-state index in [9.17, 15) is 4.39 Å². The van der Waals surface area contributed by atoms with E-state index < -0.39 is 0 Å². The third-order valence-corrected chi connectivity index (χ3v) is 3.44. The van der Waals surface area contributed by atoms with Crippen LogP contribution in [0.25, 0.3) is 0 Å². The van der Waals surface area contributed by atoms with E-state index in [0.717, 1.165) is 17.1 Å². The molecular weight excluding hydrogens is 225 g/mol. The van der Waals surface area contributed by atoms with Crippen molar-refractivity contribution < 1.29 is 9.13 Å². The van der Waals surface area contributed by atoms with Crippen LogP contribution in [-0.4, -0.2) is 18.4 Å². The Morgan fingerprint density at radius 2 is 2.12 bits per heavy atom. The average Bonchev–Trinajstić information content (AvgIpc) is 2.16. The fourth-order valence-electron chi connectivity index (χ4n) is 1.23.